The van der Waals surface area contributed by atoms with E-state index < -0.39 is 89.8 Å². The molecule has 71 heavy (non-hydrogen) atoms. The summed E-state index contributed by atoms with van der Waals surface area (Å²) in [5.41, 5.74) is 4.57. The van der Waals surface area contributed by atoms with Crippen LogP contribution in [0.4, 0.5) is 5.82 Å². The predicted octanol–water partition coefficient (Wildman–Crippen LogP) is 8.86. The first-order valence-corrected chi connectivity index (χ1v) is 27.7. The summed E-state index contributed by atoms with van der Waals surface area (Å²) in [4.78, 5) is 61.8. The number of anilines is 1. The number of hydrogen-bond acceptors (Lipinski definition) is 16. The van der Waals surface area contributed by atoms with E-state index in [1.54, 1.807) is 6.08 Å². The van der Waals surface area contributed by atoms with Gasteiger partial charge in [0.2, 0.25) is 0 Å². The van der Waals surface area contributed by atoms with Crippen LogP contribution in [0.5, 0.6) is 0 Å². The van der Waals surface area contributed by atoms with Gasteiger partial charge in [0.25, 0.3) is 0 Å². The molecule has 1 fully saturated rings. The van der Waals surface area contributed by atoms with Crippen molar-refractivity contribution in [3.8, 4) is 0 Å². The number of nitrogens with two attached hydrogens (primary N) is 1. The van der Waals surface area contributed by atoms with E-state index in [-0.39, 0.29) is 18.7 Å². The maximum atomic E-state index is 12.8. The quantitative estimate of drug-likeness (QED) is 0.0118. The van der Waals surface area contributed by atoms with Gasteiger partial charge in [-0.25, -0.2) is 13.9 Å². The van der Waals surface area contributed by atoms with Crippen LogP contribution in [0.25, 0.3) is 0 Å². The third-order valence-electron chi connectivity index (χ3n) is 10.6. The number of allylic oxidation sites excluding steroid dienone is 13. The zero-order valence-electron chi connectivity index (χ0n) is 41.4. The monoisotopic (exact) mass is 1040 g/mol. The molecule has 400 valence electrons. The predicted molar refractivity (Wildman–Crippen MR) is 271 cm³/mol. The summed E-state index contributed by atoms with van der Waals surface area (Å²) in [6.07, 6.45) is 36.2. The molecular weight excluding hydrogens is 961 g/mol. The van der Waals surface area contributed by atoms with Crippen LogP contribution >= 0.6 is 15.6 Å². The zero-order chi connectivity index (χ0) is 52.2. The molecule has 1 aliphatic heterocycles. The highest BCUT2D eigenvalue weighted by Crippen LogP contribution is 2.60. The lowest BCUT2D eigenvalue weighted by Gasteiger charge is -2.21. The number of aliphatic hydroxyl groups excluding tert-OH is 3. The third-order valence-corrected chi connectivity index (χ3v) is 13.3. The number of carbonyl (C=O) groups excluding carboxylic acids is 2. The van der Waals surface area contributed by atoms with Crippen LogP contribution < -0.4 is 11.4 Å². The highest BCUT2D eigenvalue weighted by Gasteiger charge is 2.46. The molecule has 1 aliphatic rings. The Balaban J connectivity index is 1.85. The van der Waals surface area contributed by atoms with Crippen molar-refractivity contribution in [2.75, 3.05) is 25.6 Å². The van der Waals surface area contributed by atoms with Gasteiger partial charge >= 0.3 is 33.3 Å². The molecule has 21 heteroatoms. The standard InChI is InChI=1S/C50H79N3O16P2/c1-3-5-6-7-8-9-10-11-12-16-19-22-25-28-31-34-45(55)64-38-42(67-46(56)35-32-29-26-23-20-17-14-13-15-18-21-24-27-30-33-41(54)4-2)39-65-70(60,61)69-71(62,63)66-40-43-47(57)48(58)49(68-43)53-37-36-44(51)52-50(53)59/h9-12,14-15,17-18,23-24,26-27,30,33,36-37,41-43,47-49,54,57-58H,3-8,13,16,19-22,25,28-29,31-32,34-35,38-40H2,1-2H3,(H,60,61)(H,62,63)(H2,51,52,59)/b10-9-,12-11-,17-14-,18-15-,26-23-,27-24-,33-30+/t41-,42-,43-,47-,48-,49-/m1/s1. The fraction of sp³-hybridized carbons (Fsp3) is 0.600. The number of hydrogen-bond donors (Lipinski definition) is 6. The van der Waals surface area contributed by atoms with Gasteiger partial charge in [0, 0.05) is 19.0 Å². The second-order valence-corrected chi connectivity index (χ2v) is 19.9. The zero-order valence-corrected chi connectivity index (χ0v) is 43.1. The van der Waals surface area contributed by atoms with Crippen molar-refractivity contribution >= 4 is 33.4 Å². The molecule has 2 unspecified atom stereocenters. The van der Waals surface area contributed by atoms with Crippen molar-refractivity contribution in [2.24, 2.45) is 0 Å². The summed E-state index contributed by atoms with van der Waals surface area (Å²) in [6.45, 7) is 1.71. The van der Waals surface area contributed by atoms with E-state index in [2.05, 4.69) is 52.7 Å². The van der Waals surface area contributed by atoms with Gasteiger partial charge < -0.3 is 45.1 Å². The number of nitrogen functional groups attached to an aromatic ring is 1. The van der Waals surface area contributed by atoms with E-state index in [9.17, 15) is 48.6 Å². The Morgan fingerprint density at radius 1 is 0.746 bits per heavy atom. The molecule has 0 spiro atoms. The lowest BCUT2D eigenvalue weighted by atomic mass is 10.1. The normalized spacial score (nSPS) is 20.3. The molecule has 1 aromatic rings. The van der Waals surface area contributed by atoms with Crippen molar-refractivity contribution in [3.63, 3.8) is 0 Å². The van der Waals surface area contributed by atoms with Gasteiger partial charge in [0.15, 0.2) is 12.3 Å². The largest absolute Gasteiger partial charge is 0.481 e. The molecule has 19 nitrogen and oxygen atoms in total. The van der Waals surface area contributed by atoms with Gasteiger partial charge in [0.05, 0.1) is 19.3 Å². The van der Waals surface area contributed by atoms with Crippen LogP contribution in [-0.2, 0) is 46.3 Å². The Kier molecular flexibility index (Phi) is 33.4. The SMILES string of the molecule is CCCCCC/C=C\C=C/CCCCCCCC(=O)OC[C@H](COP(=O)(O)OP(=O)(O)OC[C@H]1O[C@@H](n2ccc(N)nc2=O)[C@H](O)[C@@H]1O)OC(=O)CCC/C=C\C/C=C\C/C=C\C/C=C\C=C\[C@H](O)CC. The minimum absolute atomic E-state index is 0.0501. The Hall–Kier alpha value is -4.10. The molecule has 0 aliphatic carbocycles. The summed E-state index contributed by atoms with van der Waals surface area (Å²) >= 11 is 0. The van der Waals surface area contributed by atoms with E-state index in [1.807, 2.05) is 49.5 Å². The van der Waals surface area contributed by atoms with Crippen LogP contribution in [0.15, 0.2) is 102 Å². The summed E-state index contributed by atoms with van der Waals surface area (Å²) < 4.78 is 56.6. The summed E-state index contributed by atoms with van der Waals surface area (Å²) in [7, 11) is -10.9. The van der Waals surface area contributed by atoms with Crippen molar-refractivity contribution in [1.29, 1.82) is 0 Å². The number of unbranched alkanes of at least 4 members (excludes halogenated alkanes) is 10. The molecule has 2 heterocycles. The summed E-state index contributed by atoms with van der Waals surface area (Å²) in [5, 5.41) is 30.4. The molecule has 0 bridgehead atoms. The second-order valence-electron chi connectivity index (χ2n) is 16.8. The maximum absolute atomic E-state index is 12.8. The van der Waals surface area contributed by atoms with Crippen LogP contribution in [0.2, 0.25) is 0 Å². The molecule has 1 aromatic heterocycles. The highest BCUT2D eigenvalue weighted by molar-refractivity contribution is 7.61. The lowest BCUT2D eigenvalue weighted by molar-refractivity contribution is -0.161. The van der Waals surface area contributed by atoms with Gasteiger partial charge in [-0.3, -0.25) is 23.2 Å². The Morgan fingerprint density at radius 2 is 1.32 bits per heavy atom. The minimum Gasteiger partial charge on any atom is -0.462 e. The summed E-state index contributed by atoms with van der Waals surface area (Å²) in [5.74, 6) is -1.42. The first-order chi connectivity index (χ1) is 34.1. The molecular formula is C50H79N3O16P2. The molecule has 0 amide bonds. The maximum Gasteiger partial charge on any atom is 0.481 e. The van der Waals surface area contributed by atoms with E-state index in [1.165, 1.54) is 31.7 Å². The molecule has 2 rings (SSSR count). The van der Waals surface area contributed by atoms with E-state index in [0.29, 0.717) is 32.1 Å². The fourth-order valence-electron chi connectivity index (χ4n) is 6.64. The molecule has 7 N–H and O–H groups in total. The summed E-state index contributed by atoms with van der Waals surface area (Å²) in [6, 6.07) is 1.24. The van der Waals surface area contributed by atoms with Gasteiger partial charge in [-0.05, 0) is 76.7 Å². The molecule has 0 radical (unpaired) electrons. The Bertz CT molecular complexity index is 2040. The molecule has 1 saturated heterocycles. The smallest absolute Gasteiger partial charge is 0.462 e. The van der Waals surface area contributed by atoms with Crippen molar-refractivity contribution in [2.45, 2.75) is 173 Å². The number of phosphoric ester groups is 2. The van der Waals surface area contributed by atoms with Gasteiger partial charge in [-0.2, -0.15) is 9.29 Å². The first-order valence-electron chi connectivity index (χ1n) is 24.7. The number of nitrogens with zero attached hydrogens (tertiary/aromatic N) is 2. The highest BCUT2D eigenvalue weighted by atomic mass is 31.3. The van der Waals surface area contributed by atoms with Crippen LogP contribution in [0.1, 0.15) is 142 Å². The van der Waals surface area contributed by atoms with Crippen molar-refractivity contribution in [3.05, 3.63) is 108 Å². The lowest BCUT2D eigenvalue weighted by Crippen LogP contribution is -2.36. The number of carbonyl (C=O) groups is 2. The topological polar surface area (TPSA) is 286 Å². The van der Waals surface area contributed by atoms with Crippen LogP contribution in [0.3, 0.4) is 0 Å². The molecule has 8 atom stereocenters. The van der Waals surface area contributed by atoms with E-state index >= 15 is 0 Å². The van der Waals surface area contributed by atoms with Gasteiger partial charge in [-0.1, -0.05) is 137 Å². The Morgan fingerprint density at radius 3 is 1.99 bits per heavy atom. The number of aliphatic hydroxyl groups is 3. The first kappa shape index (κ1) is 63.0. The van der Waals surface area contributed by atoms with E-state index in [0.717, 1.165) is 62.1 Å². The fourth-order valence-corrected chi connectivity index (χ4v) is 8.75. The number of ether oxygens (including phenoxy) is 3. The second kappa shape index (κ2) is 37.6. The number of phosphoric acid groups is 2. The van der Waals surface area contributed by atoms with E-state index in [4.69, 9.17) is 29.0 Å². The van der Waals surface area contributed by atoms with Crippen LogP contribution in [-0.4, -0.2) is 96.9 Å². The van der Waals surface area contributed by atoms with Crippen molar-refractivity contribution < 1.29 is 71.4 Å². The average molecular weight is 1040 g/mol. The number of esters is 2. The number of rotatable bonds is 39. The number of aromatic nitrogens is 2. The molecule has 0 aromatic carbocycles. The van der Waals surface area contributed by atoms with Crippen molar-refractivity contribution in [1.82, 2.24) is 9.55 Å². The average Bonchev–Trinajstić information content (AvgIpc) is 3.61. The third kappa shape index (κ3) is 30.5. The Labute approximate surface area is 419 Å². The van der Waals surface area contributed by atoms with Gasteiger partial charge in [0.1, 0.15) is 30.7 Å². The van der Waals surface area contributed by atoms with Gasteiger partial charge in [-0.15, -0.1) is 0 Å². The molecule has 0 saturated carbocycles. The van der Waals surface area contributed by atoms with Crippen LogP contribution in [0, 0.1) is 0 Å². The minimum atomic E-state index is -5.45.